The number of carbonyl (C=O) groups excluding carboxylic acids is 1. The Morgan fingerprint density at radius 1 is 1.38 bits per heavy atom. The van der Waals surface area contributed by atoms with Gasteiger partial charge in [0.25, 0.3) is 0 Å². The summed E-state index contributed by atoms with van der Waals surface area (Å²) in [5, 5.41) is 0. The van der Waals surface area contributed by atoms with Crippen LogP contribution in [0.25, 0.3) is 0 Å². The first kappa shape index (κ1) is 16.8. The molecule has 0 radical (unpaired) electrons. The van der Waals surface area contributed by atoms with Crippen molar-refractivity contribution in [3.63, 3.8) is 0 Å². The molecular formula is C17H32N2O2. The second kappa shape index (κ2) is 5.24. The van der Waals surface area contributed by atoms with Gasteiger partial charge in [0.1, 0.15) is 0 Å². The molecule has 0 aromatic rings. The molecule has 2 N–H and O–H groups in total. The highest BCUT2D eigenvalue weighted by Gasteiger charge is 2.72. The molecule has 4 atom stereocenters. The lowest BCUT2D eigenvalue weighted by Gasteiger charge is -2.55. The van der Waals surface area contributed by atoms with Gasteiger partial charge in [-0.3, -0.25) is 4.79 Å². The van der Waals surface area contributed by atoms with E-state index in [4.69, 9.17) is 10.5 Å². The lowest BCUT2D eigenvalue weighted by atomic mass is 9.58. The van der Waals surface area contributed by atoms with Gasteiger partial charge < -0.3 is 15.4 Å². The Kier molecular flexibility index (Phi) is 4.18. The Morgan fingerprint density at radius 2 is 2.00 bits per heavy atom. The fourth-order valence-electron chi connectivity index (χ4n) is 5.57. The van der Waals surface area contributed by atoms with Crippen LogP contribution in [0.5, 0.6) is 0 Å². The zero-order chi connectivity index (χ0) is 16.1. The molecule has 21 heavy (non-hydrogen) atoms. The van der Waals surface area contributed by atoms with E-state index < -0.39 is 0 Å². The van der Waals surface area contributed by atoms with E-state index in [2.05, 4.69) is 39.8 Å². The third-order valence-corrected chi connectivity index (χ3v) is 7.13. The second-order valence-electron chi connectivity index (χ2n) is 7.85. The molecule has 0 spiro atoms. The molecule has 2 rings (SSSR count). The van der Waals surface area contributed by atoms with Gasteiger partial charge in [-0.15, -0.1) is 0 Å². The maximum atomic E-state index is 12.6. The molecule has 0 aromatic carbocycles. The third kappa shape index (κ3) is 1.91. The lowest BCUT2D eigenvalue weighted by molar-refractivity contribution is -0.160. The highest BCUT2D eigenvalue weighted by atomic mass is 16.5. The Morgan fingerprint density at radius 3 is 2.33 bits per heavy atom. The van der Waals surface area contributed by atoms with E-state index in [1.807, 2.05) is 6.92 Å². The minimum Gasteiger partial charge on any atom is -0.466 e. The van der Waals surface area contributed by atoms with Crippen molar-refractivity contribution in [3.8, 4) is 0 Å². The number of esters is 1. The van der Waals surface area contributed by atoms with Gasteiger partial charge in [-0.2, -0.15) is 0 Å². The molecule has 0 amide bonds. The summed E-state index contributed by atoms with van der Waals surface area (Å²) in [5.74, 6) is 0.286. The zero-order valence-corrected chi connectivity index (χ0v) is 14.5. The number of rotatable bonds is 5. The van der Waals surface area contributed by atoms with Crippen LogP contribution in [0, 0.1) is 22.7 Å². The largest absolute Gasteiger partial charge is 0.466 e. The van der Waals surface area contributed by atoms with E-state index in [1.165, 1.54) is 12.8 Å². The topological polar surface area (TPSA) is 55.6 Å². The number of ether oxygens (including phenoxy) is 1. The van der Waals surface area contributed by atoms with Crippen molar-refractivity contribution in [2.45, 2.75) is 52.5 Å². The van der Waals surface area contributed by atoms with E-state index in [-0.39, 0.29) is 28.3 Å². The van der Waals surface area contributed by atoms with Gasteiger partial charge in [-0.05, 0) is 57.0 Å². The number of nitrogens with zero attached hydrogens (tertiary/aromatic N) is 1. The third-order valence-electron chi connectivity index (χ3n) is 7.13. The van der Waals surface area contributed by atoms with Gasteiger partial charge in [0.15, 0.2) is 0 Å². The van der Waals surface area contributed by atoms with Gasteiger partial charge in [-0.1, -0.05) is 20.8 Å². The van der Waals surface area contributed by atoms with E-state index in [0.717, 1.165) is 6.42 Å². The van der Waals surface area contributed by atoms with Crippen molar-refractivity contribution in [2.75, 3.05) is 27.2 Å². The van der Waals surface area contributed by atoms with Gasteiger partial charge in [0.2, 0.25) is 0 Å². The monoisotopic (exact) mass is 296 g/mol. The maximum Gasteiger partial charge on any atom is 0.312 e. The average molecular weight is 296 g/mol. The van der Waals surface area contributed by atoms with Gasteiger partial charge in [0, 0.05) is 12.1 Å². The van der Waals surface area contributed by atoms with Crippen LogP contribution in [0.1, 0.15) is 47.0 Å². The summed E-state index contributed by atoms with van der Waals surface area (Å²) < 4.78 is 5.36. The van der Waals surface area contributed by atoms with Crippen LogP contribution < -0.4 is 5.73 Å². The highest BCUT2D eigenvalue weighted by molar-refractivity contribution is 5.75. The van der Waals surface area contributed by atoms with Crippen LogP contribution in [-0.2, 0) is 9.53 Å². The molecule has 2 saturated carbocycles. The van der Waals surface area contributed by atoms with E-state index in [1.54, 1.807) is 0 Å². The molecule has 122 valence electrons. The van der Waals surface area contributed by atoms with E-state index in [0.29, 0.717) is 19.1 Å². The minimum absolute atomic E-state index is 0.0883. The molecule has 0 unspecified atom stereocenters. The molecule has 2 aliphatic carbocycles. The van der Waals surface area contributed by atoms with Crippen molar-refractivity contribution in [2.24, 2.45) is 28.4 Å². The summed E-state index contributed by atoms with van der Waals surface area (Å²) >= 11 is 0. The first-order valence-corrected chi connectivity index (χ1v) is 8.23. The van der Waals surface area contributed by atoms with E-state index >= 15 is 0 Å². The van der Waals surface area contributed by atoms with Crippen LogP contribution >= 0.6 is 0 Å². The van der Waals surface area contributed by atoms with Crippen LogP contribution in [0.2, 0.25) is 0 Å². The molecule has 0 heterocycles. The zero-order valence-electron chi connectivity index (χ0n) is 14.5. The molecule has 0 aromatic heterocycles. The second-order valence-corrected chi connectivity index (χ2v) is 7.85. The molecule has 4 nitrogen and oxygen atoms in total. The summed E-state index contributed by atoms with van der Waals surface area (Å²) in [5.41, 5.74) is 6.19. The van der Waals surface area contributed by atoms with Crippen LogP contribution in [-0.4, -0.2) is 43.7 Å². The number of hydrogen-bond acceptors (Lipinski definition) is 4. The van der Waals surface area contributed by atoms with Crippen LogP contribution in [0.3, 0.4) is 0 Å². The summed E-state index contributed by atoms with van der Waals surface area (Å²) in [6.45, 7) is 9.74. The standard InChI is InChI=1S/C17H32N2O2/c1-7-21-14(20)13(11-18)17(19(5)6)10-12-8-9-16(17,4)15(12,2)3/h12-13H,7-11,18H2,1-6H3/t12-,13-,16-,17+/m0/s1. The molecular weight excluding hydrogens is 264 g/mol. The highest BCUT2D eigenvalue weighted by Crippen LogP contribution is 2.72. The SMILES string of the molecule is CCOC(=O)[C@H](CN)[C@]1(N(C)C)C[C@@H]2CC[C@@]1(C)C2(C)C. The van der Waals surface area contributed by atoms with Crippen molar-refractivity contribution < 1.29 is 9.53 Å². The predicted octanol–water partition coefficient (Wildman–Crippen LogP) is 2.27. The quantitative estimate of drug-likeness (QED) is 0.791. The normalized spacial score (nSPS) is 38.8. The van der Waals surface area contributed by atoms with Gasteiger partial charge in [-0.25, -0.2) is 0 Å². The first-order valence-electron chi connectivity index (χ1n) is 8.23. The fourth-order valence-corrected chi connectivity index (χ4v) is 5.57. The smallest absolute Gasteiger partial charge is 0.312 e. The van der Waals surface area contributed by atoms with Crippen molar-refractivity contribution in [1.82, 2.24) is 4.90 Å². The van der Waals surface area contributed by atoms with Crippen LogP contribution in [0.15, 0.2) is 0 Å². The van der Waals surface area contributed by atoms with Crippen LogP contribution in [0.4, 0.5) is 0 Å². The predicted molar refractivity (Wildman–Crippen MR) is 84.8 cm³/mol. The number of fused-ring (bicyclic) bond motifs is 2. The average Bonchev–Trinajstić information content (AvgIpc) is 2.71. The summed E-state index contributed by atoms with van der Waals surface area (Å²) in [6.07, 6.45) is 3.47. The van der Waals surface area contributed by atoms with Gasteiger partial charge in [0.05, 0.1) is 12.5 Å². The Hall–Kier alpha value is -0.610. The molecule has 2 aliphatic rings. The van der Waals surface area contributed by atoms with E-state index in [9.17, 15) is 4.79 Å². The summed E-state index contributed by atoms with van der Waals surface area (Å²) in [4.78, 5) is 14.8. The molecule has 0 saturated heterocycles. The van der Waals surface area contributed by atoms with Crippen molar-refractivity contribution in [1.29, 1.82) is 0 Å². The number of carbonyl (C=O) groups is 1. The molecule has 4 heteroatoms. The Labute approximate surface area is 129 Å². The minimum atomic E-state index is -0.248. The maximum absolute atomic E-state index is 12.6. The first-order chi connectivity index (χ1) is 9.69. The van der Waals surface area contributed by atoms with Crippen molar-refractivity contribution >= 4 is 5.97 Å². The van der Waals surface area contributed by atoms with Crippen molar-refractivity contribution in [3.05, 3.63) is 0 Å². The fraction of sp³-hybridized carbons (Fsp3) is 0.941. The number of hydrogen-bond donors (Lipinski definition) is 1. The number of nitrogens with two attached hydrogens (primary N) is 1. The Bertz CT molecular complexity index is 421. The lowest BCUT2D eigenvalue weighted by Crippen LogP contribution is -2.64. The Balaban J connectivity index is 2.51. The summed E-state index contributed by atoms with van der Waals surface area (Å²) in [7, 11) is 4.20. The summed E-state index contributed by atoms with van der Waals surface area (Å²) in [6, 6.07) is 0. The van der Waals surface area contributed by atoms with Gasteiger partial charge >= 0.3 is 5.97 Å². The molecule has 2 bridgehead atoms. The molecule has 0 aliphatic heterocycles. The molecule has 2 fully saturated rings.